The van der Waals surface area contributed by atoms with E-state index in [1.54, 1.807) is 24.3 Å². The number of rotatable bonds is 5. The zero-order valence-electron chi connectivity index (χ0n) is 12.9. The first-order valence-corrected chi connectivity index (χ1v) is 7.16. The molecule has 0 heterocycles. The van der Waals surface area contributed by atoms with E-state index in [0.717, 1.165) is 11.6 Å². The number of ether oxygens (including phenoxy) is 1. The number of hydrogen-bond acceptors (Lipinski definition) is 3. The Balaban J connectivity index is 2.27. The van der Waals surface area contributed by atoms with Crippen molar-refractivity contribution in [3.63, 3.8) is 0 Å². The van der Waals surface area contributed by atoms with Crippen molar-refractivity contribution in [3.8, 4) is 0 Å². The van der Waals surface area contributed by atoms with Gasteiger partial charge in [-0.1, -0.05) is 42.5 Å². The van der Waals surface area contributed by atoms with Crippen molar-refractivity contribution in [2.45, 2.75) is 6.18 Å². The van der Waals surface area contributed by atoms with Crippen LogP contribution in [0, 0.1) is 0 Å². The molecule has 2 aromatic rings. The van der Waals surface area contributed by atoms with Crippen molar-refractivity contribution in [1.82, 2.24) is 0 Å². The van der Waals surface area contributed by atoms with Gasteiger partial charge >= 0.3 is 12.1 Å². The lowest BCUT2D eigenvalue weighted by atomic mass is 10.0. The minimum atomic E-state index is -4.46. The van der Waals surface area contributed by atoms with Crippen LogP contribution in [0.25, 0.3) is 5.57 Å². The van der Waals surface area contributed by atoms with Gasteiger partial charge in [-0.2, -0.15) is 13.2 Å². The Kier molecular flexibility index (Phi) is 5.63. The molecule has 24 heavy (non-hydrogen) atoms. The molecular weight excluding hydrogens is 319 g/mol. The fraction of sp³-hybridized carbons (Fsp3) is 0.167. The van der Waals surface area contributed by atoms with Gasteiger partial charge in [-0.05, 0) is 23.3 Å². The molecule has 0 unspecified atom stereocenters. The summed E-state index contributed by atoms with van der Waals surface area (Å²) in [5.41, 5.74) is 0.450. The molecule has 0 aliphatic carbocycles. The second-order valence-electron chi connectivity index (χ2n) is 4.96. The fourth-order valence-electron chi connectivity index (χ4n) is 2.16. The molecular formula is C18H16F3NO2. The van der Waals surface area contributed by atoms with Crippen LogP contribution in [0.4, 0.5) is 18.9 Å². The predicted molar refractivity (Wildman–Crippen MR) is 86.4 cm³/mol. The van der Waals surface area contributed by atoms with E-state index in [1.165, 1.54) is 31.4 Å². The van der Waals surface area contributed by atoms with Crippen molar-refractivity contribution in [1.29, 1.82) is 0 Å². The monoisotopic (exact) mass is 335 g/mol. The fourth-order valence-corrected chi connectivity index (χ4v) is 2.16. The third kappa shape index (κ3) is 4.62. The SMILES string of the molecule is COC(=O)/C=C(\CNc1ccccc1C(F)(F)F)c1ccccc1. The molecule has 0 bridgehead atoms. The van der Waals surface area contributed by atoms with Gasteiger partial charge in [-0.25, -0.2) is 4.79 Å². The average Bonchev–Trinajstić information content (AvgIpc) is 2.58. The second-order valence-corrected chi connectivity index (χ2v) is 4.96. The molecule has 0 saturated carbocycles. The number of methoxy groups -OCH3 is 1. The van der Waals surface area contributed by atoms with E-state index in [1.807, 2.05) is 6.07 Å². The lowest BCUT2D eigenvalue weighted by Gasteiger charge is -2.16. The molecule has 0 aliphatic rings. The number of para-hydroxylation sites is 1. The smallest absolute Gasteiger partial charge is 0.418 e. The van der Waals surface area contributed by atoms with E-state index in [9.17, 15) is 18.0 Å². The van der Waals surface area contributed by atoms with Crippen LogP contribution in [0.15, 0.2) is 60.7 Å². The average molecular weight is 335 g/mol. The van der Waals surface area contributed by atoms with Crippen molar-refractivity contribution in [3.05, 3.63) is 71.8 Å². The summed E-state index contributed by atoms with van der Waals surface area (Å²) in [6, 6.07) is 14.1. The first kappa shape index (κ1) is 17.6. The summed E-state index contributed by atoms with van der Waals surface area (Å²) in [6.45, 7) is 0.0478. The maximum absolute atomic E-state index is 13.0. The first-order chi connectivity index (χ1) is 11.4. The van der Waals surface area contributed by atoms with Gasteiger partial charge in [-0.15, -0.1) is 0 Å². The highest BCUT2D eigenvalue weighted by Crippen LogP contribution is 2.34. The summed E-state index contributed by atoms with van der Waals surface area (Å²) in [5, 5.41) is 2.75. The van der Waals surface area contributed by atoms with Gasteiger partial charge in [0.2, 0.25) is 0 Å². The van der Waals surface area contributed by atoms with Gasteiger partial charge in [0.05, 0.1) is 12.7 Å². The minimum absolute atomic E-state index is 0.0447. The molecule has 3 nitrogen and oxygen atoms in total. The zero-order valence-corrected chi connectivity index (χ0v) is 12.9. The molecule has 2 aromatic carbocycles. The number of carbonyl (C=O) groups excluding carboxylic acids is 1. The van der Waals surface area contributed by atoms with Crippen molar-refractivity contribution in [2.75, 3.05) is 19.0 Å². The minimum Gasteiger partial charge on any atom is -0.466 e. The van der Waals surface area contributed by atoms with Crippen LogP contribution in [0.2, 0.25) is 0 Å². The summed E-state index contributed by atoms with van der Waals surface area (Å²) in [4.78, 5) is 11.5. The Morgan fingerprint density at radius 3 is 2.33 bits per heavy atom. The largest absolute Gasteiger partial charge is 0.466 e. The van der Waals surface area contributed by atoms with E-state index in [2.05, 4.69) is 10.1 Å². The lowest BCUT2D eigenvalue weighted by molar-refractivity contribution is -0.137. The van der Waals surface area contributed by atoms with E-state index < -0.39 is 17.7 Å². The number of hydrogen-bond donors (Lipinski definition) is 1. The first-order valence-electron chi connectivity index (χ1n) is 7.16. The molecule has 0 spiro atoms. The molecule has 6 heteroatoms. The number of halogens is 3. The van der Waals surface area contributed by atoms with Gasteiger partial charge < -0.3 is 10.1 Å². The number of benzene rings is 2. The van der Waals surface area contributed by atoms with E-state index in [4.69, 9.17) is 0 Å². The Labute approximate surface area is 137 Å². The molecule has 0 amide bonds. The third-order valence-electron chi connectivity index (χ3n) is 3.34. The standard InChI is InChI=1S/C18H16F3NO2/c1-24-17(23)11-14(13-7-3-2-4-8-13)12-22-16-10-6-5-9-15(16)18(19,20)21/h2-11,22H,12H2,1H3/b14-11+. The molecule has 0 fully saturated rings. The van der Waals surface area contributed by atoms with Crippen LogP contribution in [0.1, 0.15) is 11.1 Å². The van der Waals surface area contributed by atoms with Crippen LogP contribution in [-0.2, 0) is 15.7 Å². The Morgan fingerprint density at radius 1 is 1.08 bits per heavy atom. The molecule has 0 aromatic heterocycles. The van der Waals surface area contributed by atoms with E-state index in [0.29, 0.717) is 5.57 Å². The summed E-state index contributed by atoms with van der Waals surface area (Å²) < 4.78 is 43.7. The van der Waals surface area contributed by atoms with Gasteiger partial charge in [0.1, 0.15) is 0 Å². The van der Waals surface area contributed by atoms with Gasteiger partial charge in [0, 0.05) is 18.3 Å². The Morgan fingerprint density at radius 2 is 1.71 bits per heavy atom. The molecule has 0 radical (unpaired) electrons. The second kappa shape index (κ2) is 7.68. The predicted octanol–water partition coefficient (Wildman–Crippen LogP) is 4.37. The topological polar surface area (TPSA) is 38.3 Å². The molecule has 2 rings (SSSR count). The summed E-state index contributed by atoms with van der Waals surface area (Å²) in [6.07, 6.45) is -3.19. The number of anilines is 1. The third-order valence-corrected chi connectivity index (χ3v) is 3.34. The zero-order chi connectivity index (χ0) is 17.6. The molecule has 0 atom stereocenters. The van der Waals surface area contributed by atoms with Crippen LogP contribution in [0.3, 0.4) is 0 Å². The number of carbonyl (C=O) groups is 1. The summed E-state index contributed by atoms with van der Waals surface area (Å²) in [7, 11) is 1.24. The van der Waals surface area contributed by atoms with Gasteiger partial charge in [-0.3, -0.25) is 0 Å². The number of nitrogens with one attached hydrogen (secondary N) is 1. The van der Waals surface area contributed by atoms with Crippen molar-refractivity contribution >= 4 is 17.2 Å². The Hall–Kier alpha value is -2.76. The Bertz CT molecular complexity index is 725. The molecule has 0 saturated heterocycles. The van der Waals surface area contributed by atoms with Crippen molar-refractivity contribution < 1.29 is 22.7 Å². The van der Waals surface area contributed by atoms with Crippen molar-refractivity contribution in [2.24, 2.45) is 0 Å². The summed E-state index contributed by atoms with van der Waals surface area (Å²) >= 11 is 0. The highest BCUT2D eigenvalue weighted by Gasteiger charge is 2.33. The maximum Gasteiger partial charge on any atom is 0.418 e. The normalized spacial score (nSPS) is 11.9. The maximum atomic E-state index is 13.0. The number of esters is 1. The summed E-state index contributed by atoms with van der Waals surface area (Å²) in [5.74, 6) is -0.570. The van der Waals surface area contributed by atoms with Crippen LogP contribution < -0.4 is 5.32 Å². The molecule has 126 valence electrons. The van der Waals surface area contributed by atoms with Crippen LogP contribution in [0.5, 0.6) is 0 Å². The highest BCUT2D eigenvalue weighted by atomic mass is 19.4. The molecule has 0 aliphatic heterocycles. The van der Waals surface area contributed by atoms with E-state index in [-0.39, 0.29) is 12.2 Å². The van der Waals surface area contributed by atoms with Crippen LogP contribution in [-0.4, -0.2) is 19.6 Å². The highest BCUT2D eigenvalue weighted by molar-refractivity contribution is 5.92. The van der Waals surface area contributed by atoms with Gasteiger partial charge in [0.15, 0.2) is 0 Å². The lowest BCUT2D eigenvalue weighted by Crippen LogP contribution is -2.13. The number of alkyl halides is 3. The van der Waals surface area contributed by atoms with Gasteiger partial charge in [0.25, 0.3) is 0 Å². The van der Waals surface area contributed by atoms with Crippen LogP contribution >= 0.6 is 0 Å². The quantitative estimate of drug-likeness (QED) is 0.651. The van der Waals surface area contributed by atoms with E-state index >= 15 is 0 Å². The molecule has 1 N–H and O–H groups in total.